The maximum atomic E-state index is 11.9. The van der Waals surface area contributed by atoms with E-state index in [0.29, 0.717) is 5.75 Å². The van der Waals surface area contributed by atoms with Crippen LogP contribution in [0.3, 0.4) is 0 Å². The van der Waals surface area contributed by atoms with Crippen LogP contribution < -0.4 is 5.32 Å². The van der Waals surface area contributed by atoms with Gasteiger partial charge >= 0.3 is 12.0 Å². The molecule has 2 atom stereocenters. The number of urea groups is 1. The topological polar surface area (TPSA) is 69.6 Å². The number of aliphatic carboxylic acids is 1. The normalized spacial score (nSPS) is 23.5. The molecule has 1 aliphatic rings. The van der Waals surface area contributed by atoms with Crippen LogP contribution in [0, 0.1) is 18.3 Å². The van der Waals surface area contributed by atoms with Gasteiger partial charge in [-0.1, -0.05) is 19.8 Å². The Morgan fingerprint density at radius 3 is 2.76 bits per heavy atom. The van der Waals surface area contributed by atoms with Crippen LogP contribution in [0.1, 0.15) is 13.8 Å². The first-order valence-electron chi connectivity index (χ1n) is 5.33. The van der Waals surface area contributed by atoms with Crippen molar-refractivity contribution in [1.29, 1.82) is 0 Å². The minimum atomic E-state index is -0.975. The maximum Gasteiger partial charge on any atom is 0.327 e. The second-order valence-corrected chi connectivity index (χ2v) is 5.24. The molecule has 1 saturated heterocycles. The first-order chi connectivity index (χ1) is 7.99. The van der Waals surface area contributed by atoms with Crippen molar-refractivity contribution in [2.75, 3.05) is 12.3 Å². The van der Waals surface area contributed by atoms with Crippen molar-refractivity contribution in [2.45, 2.75) is 25.3 Å². The average molecular weight is 256 g/mol. The standard InChI is InChI=1S/C11H16N2O3S/c1-4-5-12-11(16)13-8(10(14)15)6-17-9(13)7(2)3/h1,7-9H,5-6H2,2-3H3,(H,12,16)(H,14,15). The lowest BCUT2D eigenvalue weighted by atomic mass is 10.2. The van der Waals surface area contributed by atoms with E-state index < -0.39 is 18.0 Å². The lowest BCUT2D eigenvalue weighted by Crippen LogP contribution is -2.51. The third-order valence-electron chi connectivity index (χ3n) is 2.47. The summed E-state index contributed by atoms with van der Waals surface area (Å²) in [4.78, 5) is 24.3. The van der Waals surface area contributed by atoms with Crippen LogP contribution in [-0.2, 0) is 4.79 Å². The van der Waals surface area contributed by atoms with Gasteiger partial charge in [-0.25, -0.2) is 9.59 Å². The molecule has 0 aromatic carbocycles. The Bertz CT molecular complexity index is 351. The number of amides is 2. The van der Waals surface area contributed by atoms with Crippen molar-refractivity contribution < 1.29 is 14.7 Å². The van der Waals surface area contributed by atoms with E-state index in [4.69, 9.17) is 11.5 Å². The molecule has 0 aliphatic carbocycles. The molecule has 2 unspecified atom stereocenters. The third-order valence-corrected chi connectivity index (χ3v) is 4.09. The van der Waals surface area contributed by atoms with Gasteiger partial charge in [0.2, 0.25) is 0 Å². The van der Waals surface area contributed by atoms with Gasteiger partial charge in [0.15, 0.2) is 0 Å². The maximum absolute atomic E-state index is 11.9. The predicted molar refractivity (Wildman–Crippen MR) is 66.6 cm³/mol. The number of nitrogens with one attached hydrogen (secondary N) is 1. The van der Waals surface area contributed by atoms with Crippen molar-refractivity contribution in [2.24, 2.45) is 5.92 Å². The Morgan fingerprint density at radius 1 is 1.65 bits per heavy atom. The fraction of sp³-hybridized carbons (Fsp3) is 0.636. The summed E-state index contributed by atoms with van der Waals surface area (Å²) in [5.41, 5.74) is 0. The molecule has 0 bridgehead atoms. The molecule has 1 aliphatic heterocycles. The molecule has 17 heavy (non-hydrogen) atoms. The van der Waals surface area contributed by atoms with E-state index >= 15 is 0 Å². The zero-order valence-electron chi connectivity index (χ0n) is 9.84. The van der Waals surface area contributed by atoms with Crippen molar-refractivity contribution in [1.82, 2.24) is 10.2 Å². The number of thioether (sulfide) groups is 1. The van der Waals surface area contributed by atoms with Crippen LogP contribution in [-0.4, -0.2) is 45.7 Å². The van der Waals surface area contributed by atoms with Gasteiger partial charge in [-0.15, -0.1) is 18.2 Å². The highest BCUT2D eigenvalue weighted by Gasteiger charge is 2.42. The highest BCUT2D eigenvalue weighted by atomic mass is 32.2. The van der Waals surface area contributed by atoms with E-state index in [-0.39, 0.29) is 17.8 Å². The van der Waals surface area contributed by atoms with E-state index in [2.05, 4.69) is 11.2 Å². The molecule has 2 amide bonds. The second kappa shape index (κ2) is 5.82. The zero-order chi connectivity index (χ0) is 13.0. The summed E-state index contributed by atoms with van der Waals surface area (Å²) in [6.07, 6.45) is 5.06. The minimum Gasteiger partial charge on any atom is -0.480 e. The molecule has 2 N–H and O–H groups in total. The first kappa shape index (κ1) is 13.7. The van der Waals surface area contributed by atoms with E-state index in [1.54, 1.807) is 0 Å². The molecule has 0 radical (unpaired) electrons. The predicted octanol–water partition coefficient (Wildman–Crippen LogP) is 0.813. The molecule has 6 heteroatoms. The van der Waals surface area contributed by atoms with E-state index in [0.717, 1.165) is 0 Å². The summed E-state index contributed by atoms with van der Waals surface area (Å²) in [6.45, 7) is 4.03. The SMILES string of the molecule is C#CCNC(=O)N1C(C(=O)O)CSC1C(C)C. The third kappa shape index (κ3) is 3.07. The highest BCUT2D eigenvalue weighted by molar-refractivity contribution is 8.00. The number of carboxylic acids is 1. The van der Waals surface area contributed by atoms with Crippen LogP contribution >= 0.6 is 11.8 Å². The highest BCUT2D eigenvalue weighted by Crippen LogP contribution is 2.33. The van der Waals surface area contributed by atoms with Crippen molar-refractivity contribution >= 4 is 23.8 Å². The fourth-order valence-corrected chi connectivity index (χ4v) is 3.18. The van der Waals surface area contributed by atoms with E-state index in [9.17, 15) is 9.59 Å². The number of rotatable bonds is 3. The average Bonchev–Trinajstić information content (AvgIpc) is 2.70. The Hall–Kier alpha value is -1.35. The quantitative estimate of drug-likeness (QED) is 0.733. The number of terminal acetylenes is 1. The number of carbonyl (C=O) groups is 2. The molecule has 94 valence electrons. The fourth-order valence-electron chi connectivity index (χ4n) is 1.71. The molecule has 1 heterocycles. The summed E-state index contributed by atoms with van der Waals surface area (Å²) in [7, 11) is 0. The van der Waals surface area contributed by atoms with Gasteiger partial charge in [0, 0.05) is 5.75 Å². The molecule has 1 fully saturated rings. The summed E-state index contributed by atoms with van der Waals surface area (Å²) in [5.74, 6) is 1.94. The van der Waals surface area contributed by atoms with Gasteiger partial charge in [0.25, 0.3) is 0 Å². The van der Waals surface area contributed by atoms with E-state index in [1.807, 2.05) is 13.8 Å². The summed E-state index contributed by atoms with van der Waals surface area (Å²) in [5, 5.41) is 11.5. The molecule has 0 spiro atoms. The van der Waals surface area contributed by atoms with Crippen LogP contribution in [0.5, 0.6) is 0 Å². The van der Waals surface area contributed by atoms with Gasteiger partial charge in [0.05, 0.1) is 11.9 Å². The lowest BCUT2D eigenvalue weighted by Gasteiger charge is -2.29. The van der Waals surface area contributed by atoms with Crippen LogP contribution in [0.4, 0.5) is 4.79 Å². The van der Waals surface area contributed by atoms with Gasteiger partial charge < -0.3 is 10.4 Å². The molecular formula is C11H16N2O3S. The van der Waals surface area contributed by atoms with Gasteiger partial charge in [-0.2, -0.15) is 0 Å². The van der Waals surface area contributed by atoms with Crippen molar-refractivity contribution in [3.05, 3.63) is 0 Å². The summed E-state index contributed by atoms with van der Waals surface area (Å²) >= 11 is 1.49. The Morgan fingerprint density at radius 2 is 2.29 bits per heavy atom. The Kier molecular flexibility index (Phi) is 4.70. The number of nitrogens with zero attached hydrogens (tertiary/aromatic N) is 1. The Labute approximate surface area is 105 Å². The van der Waals surface area contributed by atoms with Gasteiger partial charge in [-0.05, 0) is 5.92 Å². The van der Waals surface area contributed by atoms with Gasteiger partial charge in [-0.3, -0.25) is 4.90 Å². The molecule has 5 nitrogen and oxygen atoms in total. The second-order valence-electron chi connectivity index (χ2n) is 4.09. The van der Waals surface area contributed by atoms with Crippen molar-refractivity contribution in [3.63, 3.8) is 0 Å². The smallest absolute Gasteiger partial charge is 0.327 e. The first-order valence-corrected chi connectivity index (χ1v) is 6.38. The number of carbonyl (C=O) groups excluding carboxylic acids is 1. The zero-order valence-corrected chi connectivity index (χ0v) is 10.7. The summed E-state index contributed by atoms with van der Waals surface area (Å²) < 4.78 is 0. The number of carboxylic acid groups (broad SMARTS) is 1. The minimum absolute atomic E-state index is 0.108. The molecule has 0 aromatic heterocycles. The number of hydrogen-bond acceptors (Lipinski definition) is 3. The van der Waals surface area contributed by atoms with Crippen LogP contribution in [0.25, 0.3) is 0 Å². The lowest BCUT2D eigenvalue weighted by molar-refractivity contribution is -0.141. The number of hydrogen-bond donors (Lipinski definition) is 2. The summed E-state index contributed by atoms with van der Waals surface area (Å²) in [6, 6.07) is -1.18. The molecule has 1 rings (SSSR count). The van der Waals surface area contributed by atoms with E-state index in [1.165, 1.54) is 16.7 Å². The largest absolute Gasteiger partial charge is 0.480 e. The monoisotopic (exact) mass is 256 g/mol. The Balaban J connectivity index is 2.82. The molecular weight excluding hydrogens is 240 g/mol. The molecule has 0 aromatic rings. The van der Waals surface area contributed by atoms with Crippen LogP contribution in [0.15, 0.2) is 0 Å². The van der Waals surface area contributed by atoms with Crippen LogP contribution in [0.2, 0.25) is 0 Å². The molecule has 0 saturated carbocycles. The van der Waals surface area contributed by atoms with Crippen molar-refractivity contribution in [3.8, 4) is 12.3 Å². The van der Waals surface area contributed by atoms with Gasteiger partial charge in [0.1, 0.15) is 6.04 Å².